The van der Waals surface area contributed by atoms with Crippen molar-refractivity contribution in [1.29, 1.82) is 0 Å². The summed E-state index contributed by atoms with van der Waals surface area (Å²) in [6.45, 7) is 11.7. The number of amides is 2. The lowest BCUT2D eigenvalue weighted by Crippen LogP contribution is -2.65. The summed E-state index contributed by atoms with van der Waals surface area (Å²) in [5.41, 5.74) is -0.467. The molecule has 28 heavy (non-hydrogen) atoms. The zero-order valence-electron chi connectivity index (χ0n) is 17.7. The van der Waals surface area contributed by atoms with Crippen LogP contribution >= 0.6 is 0 Å². The van der Waals surface area contributed by atoms with Crippen molar-refractivity contribution in [3.8, 4) is 0 Å². The Hall–Kier alpha value is -1.50. The van der Waals surface area contributed by atoms with Crippen molar-refractivity contribution >= 4 is 12.2 Å². The van der Waals surface area contributed by atoms with Gasteiger partial charge in [-0.15, -0.1) is 0 Å². The van der Waals surface area contributed by atoms with Gasteiger partial charge in [0.05, 0.1) is 5.54 Å². The van der Waals surface area contributed by atoms with Crippen LogP contribution in [0.3, 0.4) is 0 Å². The minimum absolute atomic E-state index is 0.171. The average Bonchev–Trinajstić information content (AvgIpc) is 3.14. The number of carbonyl (C=O) groups is 2. The average molecular weight is 394 g/mol. The Bertz CT molecular complexity index is 658. The van der Waals surface area contributed by atoms with Crippen LogP contribution in [0.2, 0.25) is 0 Å². The predicted molar refractivity (Wildman–Crippen MR) is 105 cm³/mol. The highest BCUT2D eigenvalue weighted by atomic mass is 16.6. The van der Waals surface area contributed by atoms with Crippen LogP contribution in [0.15, 0.2) is 0 Å². The normalized spacial score (nSPS) is 36.8. The number of carbonyl (C=O) groups excluding carboxylic acids is 1. The summed E-state index contributed by atoms with van der Waals surface area (Å²) < 4.78 is 5.96. The molecule has 4 rings (SSSR count). The maximum atomic E-state index is 12.4. The first-order valence-corrected chi connectivity index (χ1v) is 10.9. The first kappa shape index (κ1) is 19.8. The van der Waals surface area contributed by atoms with Crippen LogP contribution in [0, 0.1) is 5.41 Å². The van der Waals surface area contributed by atoms with Gasteiger partial charge in [0.25, 0.3) is 0 Å². The second kappa shape index (κ2) is 6.51. The molecule has 3 heterocycles. The molecule has 7 heteroatoms. The van der Waals surface area contributed by atoms with E-state index in [1.807, 2.05) is 11.8 Å². The van der Waals surface area contributed by atoms with Gasteiger partial charge in [-0.3, -0.25) is 4.90 Å². The van der Waals surface area contributed by atoms with Gasteiger partial charge >= 0.3 is 12.2 Å². The topological polar surface area (TPSA) is 73.3 Å². The Balaban J connectivity index is 1.39. The summed E-state index contributed by atoms with van der Waals surface area (Å²) in [7, 11) is 0. The summed E-state index contributed by atoms with van der Waals surface area (Å²) in [5, 5.41) is 9.39. The number of piperidine rings is 1. The zero-order chi connectivity index (χ0) is 20.3. The second-order valence-electron chi connectivity index (χ2n) is 9.80. The SMILES string of the molecule is CCC1N(C(=O)O)CC12CCC(N1CCC3(CC1)OC(=O)N(CC)C3(C)C)C2. The lowest BCUT2D eigenvalue weighted by molar-refractivity contribution is -0.0704. The van der Waals surface area contributed by atoms with E-state index in [1.54, 1.807) is 4.90 Å². The van der Waals surface area contributed by atoms with Crippen LogP contribution in [0.4, 0.5) is 9.59 Å². The highest BCUT2D eigenvalue weighted by molar-refractivity contribution is 5.72. The third-order valence-corrected chi connectivity index (χ3v) is 8.55. The van der Waals surface area contributed by atoms with Crippen molar-refractivity contribution in [1.82, 2.24) is 14.7 Å². The molecule has 3 atom stereocenters. The van der Waals surface area contributed by atoms with Gasteiger partial charge in [-0.2, -0.15) is 0 Å². The second-order valence-corrected chi connectivity index (χ2v) is 9.80. The van der Waals surface area contributed by atoms with Gasteiger partial charge in [0, 0.05) is 56.5 Å². The predicted octanol–water partition coefficient (Wildman–Crippen LogP) is 3.38. The molecule has 4 fully saturated rings. The lowest BCUT2D eigenvalue weighted by atomic mass is 9.69. The molecule has 3 saturated heterocycles. The first-order chi connectivity index (χ1) is 13.2. The quantitative estimate of drug-likeness (QED) is 0.796. The molecule has 158 valence electrons. The molecule has 7 nitrogen and oxygen atoms in total. The monoisotopic (exact) mass is 393 g/mol. The molecule has 0 aromatic rings. The van der Waals surface area contributed by atoms with Gasteiger partial charge in [0.1, 0.15) is 5.60 Å². The molecule has 1 aliphatic carbocycles. The summed E-state index contributed by atoms with van der Waals surface area (Å²) >= 11 is 0. The molecule has 3 aliphatic heterocycles. The molecule has 0 radical (unpaired) electrons. The molecular formula is C21H35N3O4. The van der Waals surface area contributed by atoms with Gasteiger partial charge in [-0.05, 0) is 46.5 Å². The fourth-order valence-corrected chi connectivity index (χ4v) is 6.82. The largest absolute Gasteiger partial charge is 0.465 e. The van der Waals surface area contributed by atoms with Gasteiger partial charge in [-0.1, -0.05) is 6.92 Å². The van der Waals surface area contributed by atoms with Crippen molar-refractivity contribution in [2.24, 2.45) is 5.41 Å². The van der Waals surface area contributed by atoms with E-state index in [9.17, 15) is 14.7 Å². The van der Waals surface area contributed by atoms with E-state index < -0.39 is 6.09 Å². The summed E-state index contributed by atoms with van der Waals surface area (Å²) in [6.07, 6.45) is 5.11. The van der Waals surface area contributed by atoms with E-state index in [4.69, 9.17) is 4.74 Å². The van der Waals surface area contributed by atoms with Crippen LogP contribution in [-0.2, 0) is 4.74 Å². The zero-order valence-corrected chi connectivity index (χ0v) is 17.7. The summed E-state index contributed by atoms with van der Waals surface area (Å²) in [6, 6.07) is 0.712. The van der Waals surface area contributed by atoms with Crippen LogP contribution in [0.1, 0.15) is 66.2 Å². The minimum atomic E-state index is -0.772. The molecule has 1 N–H and O–H groups in total. The number of nitrogens with zero attached hydrogens (tertiary/aromatic N) is 3. The first-order valence-electron chi connectivity index (χ1n) is 10.9. The maximum absolute atomic E-state index is 12.4. The molecule has 4 aliphatic rings. The van der Waals surface area contributed by atoms with Crippen molar-refractivity contribution in [3.05, 3.63) is 0 Å². The van der Waals surface area contributed by atoms with Gasteiger partial charge in [-0.25, -0.2) is 9.59 Å². The number of hydrogen-bond acceptors (Lipinski definition) is 4. The number of likely N-dealkylation sites (tertiary alicyclic amines) is 2. The highest BCUT2D eigenvalue weighted by Gasteiger charge is 2.61. The molecule has 0 aromatic carbocycles. The summed E-state index contributed by atoms with van der Waals surface area (Å²) in [5.74, 6) is 0. The Labute approximate surface area is 168 Å². The van der Waals surface area contributed by atoms with Crippen LogP contribution < -0.4 is 0 Å². The van der Waals surface area contributed by atoms with Crippen LogP contribution in [-0.4, -0.2) is 81.4 Å². The number of carboxylic acid groups (broad SMARTS) is 1. The molecule has 0 bridgehead atoms. The Morgan fingerprint density at radius 2 is 1.89 bits per heavy atom. The molecule has 2 spiro atoms. The standard InChI is InChI=1S/C21H35N3O4/c1-5-16-20(14-23(16)17(25)26)8-7-15(13-20)22-11-9-21(10-12-22)19(3,4)24(6-2)18(27)28-21/h15-16H,5-14H2,1-4H3,(H,25,26). The van der Waals surface area contributed by atoms with Gasteiger partial charge in [0.15, 0.2) is 0 Å². The fourth-order valence-electron chi connectivity index (χ4n) is 6.82. The molecule has 3 unspecified atom stereocenters. The van der Waals surface area contributed by atoms with E-state index in [-0.39, 0.29) is 28.7 Å². The Morgan fingerprint density at radius 1 is 1.21 bits per heavy atom. The lowest BCUT2D eigenvalue weighted by Gasteiger charge is -2.55. The third kappa shape index (κ3) is 2.57. The Kier molecular flexibility index (Phi) is 4.60. The van der Waals surface area contributed by atoms with Gasteiger partial charge in [0.2, 0.25) is 0 Å². The van der Waals surface area contributed by atoms with Crippen molar-refractivity contribution < 1.29 is 19.4 Å². The number of rotatable bonds is 3. The number of hydrogen-bond donors (Lipinski definition) is 1. The van der Waals surface area contributed by atoms with E-state index in [1.165, 1.54) is 0 Å². The fraction of sp³-hybridized carbons (Fsp3) is 0.905. The van der Waals surface area contributed by atoms with Crippen molar-refractivity contribution in [2.75, 3.05) is 26.2 Å². The van der Waals surface area contributed by atoms with E-state index in [0.29, 0.717) is 19.1 Å². The molecule has 0 aromatic heterocycles. The molecule has 1 saturated carbocycles. The third-order valence-electron chi connectivity index (χ3n) is 8.55. The highest BCUT2D eigenvalue weighted by Crippen LogP contribution is 2.54. The van der Waals surface area contributed by atoms with E-state index >= 15 is 0 Å². The van der Waals surface area contributed by atoms with E-state index in [0.717, 1.165) is 51.6 Å². The number of ether oxygens (including phenoxy) is 1. The van der Waals surface area contributed by atoms with Crippen molar-refractivity contribution in [3.63, 3.8) is 0 Å². The smallest absolute Gasteiger partial charge is 0.410 e. The molecular weight excluding hydrogens is 358 g/mol. The molecule has 2 amide bonds. The Morgan fingerprint density at radius 3 is 2.43 bits per heavy atom. The maximum Gasteiger partial charge on any atom is 0.410 e. The summed E-state index contributed by atoms with van der Waals surface area (Å²) in [4.78, 5) is 29.9. The van der Waals surface area contributed by atoms with Crippen LogP contribution in [0.25, 0.3) is 0 Å². The van der Waals surface area contributed by atoms with Crippen LogP contribution in [0.5, 0.6) is 0 Å². The van der Waals surface area contributed by atoms with Gasteiger partial charge < -0.3 is 19.6 Å². The van der Waals surface area contributed by atoms with E-state index in [2.05, 4.69) is 25.7 Å². The van der Waals surface area contributed by atoms with Crippen molar-refractivity contribution in [2.45, 2.75) is 89.4 Å². The minimum Gasteiger partial charge on any atom is -0.465 e. The number of likely N-dealkylation sites (N-methyl/N-ethyl adjacent to an activating group) is 1.